The van der Waals surface area contributed by atoms with Crippen LogP contribution in [0.4, 0.5) is 10.5 Å². The van der Waals surface area contributed by atoms with E-state index in [-0.39, 0.29) is 6.09 Å². The largest absolute Gasteiger partial charge is 0.444 e. The number of aromatic nitrogens is 1. The van der Waals surface area contributed by atoms with E-state index in [9.17, 15) is 4.79 Å². The summed E-state index contributed by atoms with van der Waals surface area (Å²) in [5, 5.41) is 0. The summed E-state index contributed by atoms with van der Waals surface area (Å²) in [6, 6.07) is 10.9. The molecule has 0 N–H and O–H groups in total. The predicted octanol–water partition coefficient (Wildman–Crippen LogP) is 6.05. The van der Waals surface area contributed by atoms with Crippen molar-refractivity contribution in [2.24, 2.45) is 0 Å². The molecule has 0 bridgehead atoms. The maximum atomic E-state index is 12.5. The molecule has 2 aromatic carbocycles. The van der Waals surface area contributed by atoms with Crippen molar-refractivity contribution in [3.63, 3.8) is 0 Å². The number of carbonyl (C=O) groups is 1. The van der Waals surface area contributed by atoms with E-state index in [1.54, 1.807) is 0 Å². The fourth-order valence-corrected chi connectivity index (χ4v) is 5.22. The van der Waals surface area contributed by atoms with Crippen LogP contribution in [0, 0.1) is 6.92 Å². The Hall–Kier alpha value is -2.47. The van der Waals surface area contributed by atoms with Gasteiger partial charge in [0.1, 0.15) is 16.6 Å². The number of ether oxygens (including phenoxy) is 1. The number of para-hydroxylation sites is 1. The Morgan fingerprint density at radius 1 is 1.10 bits per heavy atom. The monoisotopic (exact) mass is 438 g/mol. The molecule has 0 radical (unpaired) electrons. The Morgan fingerprint density at radius 2 is 1.90 bits per heavy atom. The number of anilines is 1. The van der Waals surface area contributed by atoms with Crippen LogP contribution in [-0.2, 0) is 11.2 Å². The molecule has 1 aromatic heterocycles. The molecule has 2 heterocycles. The van der Waals surface area contributed by atoms with Gasteiger partial charge in [-0.3, -0.25) is 0 Å². The smallest absolute Gasteiger partial charge is 0.410 e. The molecule has 4 rings (SSSR count). The summed E-state index contributed by atoms with van der Waals surface area (Å²) >= 11 is 1.82. The van der Waals surface area contributed by atoms with Crippen molar-refractivity contribution in [2.45, 2.75) is 53.1 Å². The highest BCUT2D eigenvalue weighted by Crippen LogP contribution is 2.33. The highest BCUT2D eigenvalue weighted by molar-refractivity contribution is 7.24. The quantitative estimate of drug-likeness (QED) is 0.361. The van der Waals surface area contributed by atoms with Crippen LogP contribution in [0.15, 0.2) is 30.3 Å². The first-order valence-corrected chi connectivity index (χ1v) is 12.0. The lowest BCUT2D eigenvalue weighted by molar-refractivity contribution is 0.0263. The van der Waals surface area contributed by atoms with E-state index in [1.807, 2.05) is 37.0 Å². The Kier molecular flexibility index (Phi) is 6.02. The van der Waals surface area contributed by atoms with Crippen LogP contribution < -0.4 is 4.90 Å². The zero-order valence-electron chi connectivity index (χ0n) is 19.2. The van der Waals surface area contributed by atoms with Crippen LogP contribution in [0.1, 0.15) is 45.2 Å². The number of amides is 1. The summed E-state index contributed by atoms with van der Waals surface area (Å²) in [7, 11) is 0. The second-order valence-electron chi connectivity index (χ2n) is 9.25. The van der Waals surface area contributed by atoms with Gasteiger partial charge in [-0.05, 0) is 57.7 Å². The zero-order chi connectivity index (χ0) is 22.2. The molecule has 31 heavy (non-hydrogen) atoms. The van der Waals surface area contributed by atoms with Crippen LogP contribution in [0.25, 0.3) is 20.4 Å². The first-order chi connectivity index (χ1) is 14.7. The number of rotatable bonds is 2. The SMILES string of the molecule is CCc1cc(N2CCCN(C(=O)OC(C)(C)C)CC2)cc2[s+]c3cccc(C)c3nc12. The van der Waals surface area contributed by atoms with Crippen molar-refractivity contribution in [3.8, 4) is 0 Å². The Labute approximate surface area is 188 Å². The molecule has 3 aromatic rings. The minimum absolute atomic E-state index is 0.213. The molecule has 0 spiro atoms. The Balaban J connectivity index is 1.63. The van der Waals surface area contributed by atoms with Crippen LogP contribution in [-0.4, -0.2) is 47.8 Å². The third-order valence-electron chi connectivity index (χ3n) is 5.68. The van der Waals surface area contributed by atoms with E-state index in [0.29, 0.717) is 6.54 Å². The van der Waals surface area contributed by atoms with Gasteiger partial charge in [0.25, 0.3) is 9.40 Å². The topological polar surface area (TPSA) is 45.7 Å². The van der Waals surface area contributed by atoms with Crippen molar-refractivity contribution < 1.29 is 9.53 Å². The molecular formula is C25H32N3O2S+. The normalized spacial score (nSPS) is 15.4. The Morgan fingerprint density at radius 3 is 2.65 bits per heavy atom. The number of carbonyl (C=O) groups excluding carboxylic acids is 1. The van der Waals surface area contributed by atoms with Gasteiger partial charge in [-0.25, -0.2) is 9.78 Å². The summed E-state index contributed by atoms with van der Waals surface area (Å²) in [4.78, 5) is 21.8. The van der Waals surface area contributed by atoms with E-state index in [0.717, 1.165) is 43.5 Å². The first kappa shape index (κ1) is 21.8. The summed E-state index contributed by atoms with van der Waals surface area (Å²) in [6.45, 7) is 13.2. The summed E-state index contributed by atoms with van der Waals surface area (Å²) in [6.07, 6.45) is 1.66. The van der Waals surface area contributed by atoms with Crippen LogP contribution >= 0.6 is 11.3 Å². The van der Waals surface area contributed by atoms with Crippen LogP contribution in [0.3, 0.4) is 0 Å². The predicted molar refractivity (Wildman–Crippen MR) is 130 cm³/mol. The summed E-state index contributed by atoms with van der Waals surface area (Å²) in [5.41, 5.74) is 5.47. The van der Waals surface area contributed by atoms with Gasteiger partial charge < -0.3 is 14.5 Å². The molecule has 164 valence electrons. The number of benzene rings is 2. The van der Waals surface area contributed by atoms with Crippen molar-refractivity contribution >= 4 is 43.6 Å². The van der Waals surface area contributed by atoms with Gasteiger partial charge in [0.05, 0.1) is 0 Å². The Bertz CT molecular complexity index is 1120. The van der Waals surface area contributed by atoms with Crippen molar-refractivity contribution in [2.75, 3.05) is 31.1 Å². The lowest BCUT2D eigenvalue weighted by Gasteiger charge is -2.27. The molecule has 5 nitrogen and oxygen atoms in total. The molecule has 1 amide bonds. The van der Waals surface area contributed by atoms with Gasteiger partial charge in [0, 0.05) is 44.0 Å². The fourth-order valence-electron chi connectivity index (χ4n) is 4.08. The van der Waals surface area contributed by atoms with Crippen LogP contribution in [0.2, 0.25) is 0 Å². The van der Waals surface area contributed by atoms with Gasteiger partial charge in [0.15, 0.2) is 0 Å². The van der Waals surface area contributed by atoms with Gasteiger partial charge in [-0.2, -0.15) is 0 Å². The second-order valence-corrected chi connectivity index (χ2v) is 10.3. The second kappa shape index (κ2) is 8.58. The highest BCUT2D eigenvalue weighted by atomic mass is 32.1. The van der Waals surface area contributed by atoms with Crippen molar-refractivity contribution in [1.82, 2.24) is 9.88 Å². The molecule has 1 fully saturated rings. The molecule has 0 saturated carbocycles. The molecule has 1 saturated heterocycles. The zero-order valence-corrected chi connectivity index (χ0v) is 20.0. The molecule has 0 atom stereocenters. The van der Waals surface area contributed by atoms with Gasteiger partial charge >= 0.3 is 6.09 Å². The van der Waals surface area contributed by atoms with E-state index < -0.39 is 5.60 Å². The van der Waals surface area contributed by atoms with E-state index in [4.69, 9.17) is 9.72 Å². The minimum Gasteiger partial charge on any atom is -0.444 e. The molecule has 0 unspecified atom stereocenters. The first-order valence-electron chi connectivity index (χ1n) is 11.1. The third-order valence-corrected chi connectivity index (χ3v) is 6.76. The van der Waals surface area contributed by atoms with Crippen molar-refractivity contribution in [1.29, 1.82) is 0 Å². The number of hydrogen-bond acceptors (Lipinski definition) is 4. The number of hydrogen-bond donors (Lipinski definition) is 0. The number of nitrogens with zero attached hydrogens (tertiary/aromatic N) is 3. The maximum Gasteiger partial charge on any atom is 0.410 e. The van der Waals surface area contributed by atoms with Crippen molar-refractivity contribution in [3.05, 3.63) is 41.5 Å². The lowest BCUT2D eigenvalue weighted by Crippen LogP contribution is -2.39. The minimum atomic E-state index is -0.465. The number of aryl methyl sites for hydroxylation is 2. The average Bonchev–Trinajstić information content (AvgIpc) is 2.97. The van der Waals surface area contributed by atoms with Gasteiger partial charge in [-0.1, -0.05) is 19.1 Å². The molecule has 1 aliphatic rings. The van der Waals surface area contributed by atoms with Gasteiger partial charge in [-0.15, -0.1) is 0 Å². The van der Waals surface area contributed by atoms with Gasteiger partial charge in [0.2, 0.25) is 11.3 Å². The van der Waals surface area contributed by atoms with E-state index in [2.05, 4.69) is 49.1 Å². The molecular weight excluding hydrogens is 406 g/mol. The third kappa shape index (κ3) is 4.74. The maximum absolute atomic E-state index is 12.5. The molecule has 0 aliphatic carbocycles. The fraction of sp³-hybridized carbons (Fsp3) is 0.480. The highest BCUT2D eigenvalue weighted by Gasteiger charge is 2.26. The summed E-state index contributed by atoms with van der Waals surface area (Å²) < 4.78 is 8.02. The molecule has 1 aliphatic heterocycles. The van der Waals surface area contributed by atoms with Crippen LogP contribution in [0.5, 0.6) is 0 Å². The number of fused-ring (bicyclic) bond motifs is 2. The summed E-state index contributed by atoms with van der Waals surface area (Å²) in [5.74, 6) is 0. The molecule has 6 heteroatoms. The van der Waals surface area contributed by atoms with E-state index >= 15 is 0 Å². The van der Waals surface area contributed by atoms with E-state index in [1.165, 1.54) is 26.2 Å². The lowest BCUT2D eigenvalue weighted by atomic mass is 10.1. The standard InChI is InChI=1S/C25H32N3O2S/c1-6-18-15-19(16-21-23(18)26-22-17(2)9-7-10-20(22)31-21)27-11-8-12-28(14-13-27)24(29)30-25(3,4)5/h7,9-10,15-16H,6,8,11-14H2,1-5H3/q+1. The average molecular weight is 439 g/mol.